The number of carbonyl (C=O) groups excluding carboxylic acids is 1. The fourth-order valence-electron chi connectivity index (χ4n) is 1.49. The fraction of sp³-hybridized carbons (Fsp3) is 0.231. The van der Waals surface area contributed by atoms with Crippen LogP contribution in [0.2, 0.25) is 0 Å². The fourth-order valence-corrected chi connectivity index (χ4v) is 2.28. The Bertz CT molecular complexity index is 493. The van der Waals surface area contributed by atoms with Crippen LogP contribution in [-0.4, -0.2) is 17.4 Å². The van der Waals surface area contributed by atoms with Gasteiger partial charge in [-0.15, -0.1) is 11.3 Å². The number of nitrogens with zero attached hydrogens (tertiary/aromatic N) is 1. The highest BCUT2D eigenvalue weighted by atomic mass is 32.1. The van der Waals surface area contributed by atoms with Gasteiger partial charge in [0.05, 0.1) is 5.01 Å². The number of nitrogens with one attached hydrogen (secondary N) is 1. The summed E-state index contributed by atoms with van der Waals surface area (Å²) >= 11 is 1.67. The molecule has 0 radical (unpaired) electrons. The van der Waals surface area contributed by atoms with Gasteiger partial charge in [0.1, 0.15) is 0 Å². The van der Waals surface area contributed by atoms with E-state index in [0.717, 1.165) is 11.4 Å². The maximum atomic E-state index is 11.7. The second kappa shape index (κ2) is 5.59. The smallest absolute Gasteiger partial charge is 0.251 e. The Morgan fingerprint density at radius 1 is 1.35 bits per heavy atom. The predicted molar refractivity (Wildman–Crippen MR) is 69.3 cm³/mol. The third kappa shape index (κ3) is 3.39. The second-order valence-corrected chi connectivity index (χ2v) is 5.06. The highest BCUT2D eigenvalue weighted by Crippen LogP contribution is 2.11. The minimum Gasteiger partial charge on any atom is -0.352 e. The average Bonchev–Trinajstić information content (AvgIpc) is 2.76. The lowest BCUT2D eigenvalue weighted by atomic mass is 10.2. The summed E-state index contributed by atoms with van der Waals surface area (Å²) in [7, 11) is 0. The van der Waals surface area contributed by atoms with Gasteiger partial charge < -0.3 is 5.32 Å². The van der Waals surface area contributed by atoms with E-state index in [1.54, 1.807) is 11.3 Å². The summed E-state index contributed by atoms with van der Waals surface area (Å²) in [6.45, 7) is 2.66. The molecule has 17 heavy (non-hydrogen) atoms. The molecular weight excluding hydrogens is 232 g/mol. The van der Waals surface area contributed by atoms with Crippen molar-refractivity contribution >= 4 is 17.2 Å². The number of hydrogen-bond donors (Lipinski definition) is 1. The summed E-state index contributed by atoms with van der Waals surface area (Å²) in [6.07, 6.45) is 2.65. The zero-order chi connectivity index (χ0) is 12.1. The lowest BCUT2D eigenvalue weighted by Crippen LogP contribution is -2.25. The first-order valence-electron chi connectivity index (χ1n) is 5.50. The van der Waals surface area contributed by atoms with Crippen molar-refractivity contribution in [2.45, 2.75) is 13.3 Å². The summed E-state index contributed by atoms with van der Waals surface area (Å²) in [5, 5.41) is 3.95. The van der Waals surface area contributed by atoms with Crippen LogP contribution in [0.1, 0.15) is 20.2 Å². The Kier molecular flexibility index (Phi) is 3.88. The SMILES string of the molecule is Cc1cnc(CCNC(=O)c2ccccc2)s1. The van der Waals surface area contributed by atoms with Gasteiger partial charge in [0.2, 0.25) is 0 Å². The van der Waals surface area contributed by atoms with Crippen LogP contribution in [0, 0.1) is 6.92 Å². The first-order valence-corrected chi connectivity index (χ1v) is 6.32. The van der Waals surface area contributed by atoms with Gasteiger partial charge in [-0.05, 0) is 19.1 Å². The van der Waals surface area contributed by atoms with Gasteiger partial charge in [0.15, 0.2) is 0 Å². The van der Waals surface area contributed by atoms with Gasteiger partial charge in [0, 0.05) is 29.6 Å². The molecule has 1 heterocycles. The molecule has 0 fully saturated rings. The zero-order valence-electron chi connectivity index (χ0n) is 9.64. The quantitative estimate of drug-likeness (QED) is 0.900. The van der Waals surface area contributed by atoms with Crippen molar-refractivity contribution in [1.82, 2.24) is 10.3 Å². The van der Waals surface area contributed by atoms with Gasteiger partial charge in [0.25, 0.3) is 5.91 Å². The zero-order valence-corrected chi connectivity index (χ0v) is 10.5. The minimum atomic E-state index is -0.0288. The Balaban J connectivity index is 1.81. The molecule has 2 aromatic rings. The molecule has 0 saturated heterocycles. The number of amides is 1. The van der Waals surface area contributed by atoms with E-state index in [0.29, 0.717) is 12.1 Å². The van der Waals surface area contributed by atoms with Crippen molar-refractivity contribution in [2.24, 2.45) is 0 Å². The molecule has 3 nitrogen and oxygen atoms in total. The molecule has 0 aliphatic carbocycles. The van der Waals surface area contributed by atoms with Crippen LogP contribution < -0.4 is 5.32 Å². The van der Waals surface area contributed by atoms with Crippen LogP contribution in [0.3, 0.4) is 0 Å². The molecule has 0 aliphatic heterocycles. The molecule has 0 aliphatic rings. The van der Waals surface area contributed by atoms with Crippen molar-refractivity contribution in [3.63, 3.8) is 0 Å². The van der Waals surface area contributed by atoms with Crippen molar-refractivity contribution in [3.8, 4) is 0 Å². The van der Waals surface area contributed by atoms with Gasteiger partial charge in [-0.2, -0.15) is 0 Å². The Morgan fingerprint density at radius 3 is 2.76 bits per heavy atom. The molecule has 4 heteroatoms. The van der Waals surface area contributed by atoms with Crippen molar-refractivity contribution in [2.75, 3.05) is 6.54 Å². The van der Waals surface area contributed by atoms with Crippen LogP contribution >= 0.6 is 11.3 Å². The molecule has 0 bridgehead atoms. The Morgan fingerprint density at radius 2 is 2.12 bits per heavy atom. The van der Waals surface area contributed by atoms with Gasteiger partial charge >= 0.3 is 0 Å². The number of benzene rings is 1. The Hall–Kier alpha value is -1.68. The lowest BCUT2D eigenvalue weighted by molar-refractivity contribution is 0.0954. The highest BCUT2D eigenvalue weighted by molar-refractivity contribution is 7.11. The van der Waals surface area contributed by atoms with Gasteiger partial charge in [-0.3, -0.25) is 4.79 Å². The largest absolute Gasteiger partial charge is 0.352 e. The van der Waals surface area contributed by atoms with E-state index in [9.17, 15) is 4.79 Å². The number of rotatable bonds is 4. The molecule has 0 atom stereocenters. The van der Waals surface area contributed by atoms with E-state index < -0.39 is 0 Å². The molecule has 1 amide bonds. The molecule has 1 N–H and O–H groups in total. The summed E-state index contributed by atoms with van der Waals surface area (Å²) in [6, 6.07) is 9.24. The maximum absolute atomic E-state index is 11.7. The van der Waals surface area contributed by atoms with Crippen LogP contribution in [0.25, 0.3) is 0 Å². The van der Waals surface area contributed by atoms with Gasteiger partial charge in [-0.1, -0.05) is 18.2 Å². The standard InChI is InChI=1S/C13H14N2OS/c1-10-9-15-12(17-10)7-8-14-13(16)11-5-3-2-4-6-11/h2-6,9H,7-8H2,1H3,(H,14,16). The second-order valence-electron chi connectivity index (χ2n) is 3.74. The lowest BCUT2D eigenvalue weighted by Gasteiger charge is -2.03. The topological polar surface area (TPSA) is 42.0 Å². The number of hydrogen-bond acceptors (Lipinski definition) is 3. The van der Waals surface area contributed by atoms with E-state index in [2.05, 4.69) is 10.3 Å². The van der Waals surface area contributed by atoms with E-state index in [-0.39, 0.29) is 5.91 Å². The van der Waals surface area contributed by atoms with E-state index in [4.69, 9.17) is 0 Å². The normalized spacial score (nSPS) is 10.2. The van der Waals surface area contributed by atoms with Crippen molar-refractivity contribution in [1.29, 1.82) is 0 Å². The van der Waals surface area contributed by atoms with Crippen molar-refractivity contribution < 1.29 is 4.79 Å². The first kappa shape index (κ1) is 11.8. The van der Waals surface area contributed by atoms with Crippen molar-refractivity contribution in [3.05, 3.63) is 52.0 Å². The third-order valence-corrected chi connectivity index (χ3v) is 3.30. The third-order valence-electron chi connectivity index (χ3n) is 2.33. The van der Waals surface area contributed by atoms with Crippen LogP contribution in [0.5, 0.6) is 0 Å². The summed E-state index contributed by atoms with van der Waals surface area (Å²) < 4.78 is 0. The van der Waals surface area contributed by atoms with E-state index in [1.807, 2.05) is 43.5 Å². The Labute approximate surface area is 105 Å². The van der Waals surface area contributed by atoms with E-state index in [1.165, 1.54) is 4.88 Å². The summed E-state index contributed by atoms with van der Waals surface area (Å²) in [5.74, 6) is -0.0288. The molecular formula is C13H14N2OS. The molecule has 1 aromatic heterocycles. The number of thiazole rings is 1. The van der Waals surface area contributed by atoms with Crippen LogP contribution in [0.4, 0.5) is 0 Å². The molecule has 0 saturated carbocycles. The minimum absolute atomic E-state index is 0.0288. The maximum Gasteiger partial charge on any atom is 0.251 e. The average molecular weight is 246 g/mol. The molecule has 88 valence electrons. The predicted octanol–water partition coefficient (Wildman–Crippen LogP) is 2.42. The van der Waals surface area contributed by atoms with Crippen LogP contribution in [-0.2, 0) is 6.42 Å². The molecule has 0 unspecified atom stereocenters. The van der Waals surface area contributed by atoms with E-state index >= 15 is 0 Å². The number of aryl methyl sites for hydroxylation is 1. The molecule has 2 rings (SSSR count). The first-order chi connectivity index (χ1) is 8.25. The summed E-state index contributed by atoms with van der Waals surface area (Å²) in [5.41, 5.74) is 0.697. The summed E-state index contributed by atoms with van der Waals surface area (Å²) in [4.78, 5) is 17.2. The molecule has 1 aromatic carbocycles. The highest BCUT2D eigenvalue weighted by Gasteiger charge is 2.04. The number of carbonyl (C=O) groups is 1. The monoisotopic (exact) mass is 246 g/mol. The number of aromatic nitrogens is 1. The van der Waals surface area contributed by atoms with Gasteiger partial charge in [-0.25, -0.2) is 4.98 Å². The van der Waals surface area contributed by atoms with Crippen LogP contribution in [0.15, 0.2) is 36.5 Å². The molecule has 0 spiro atoms.